The van der Waals surface area contributed by atoms with Crippen LogP contribution in [-0.4, -0.2) is 26.2 Å². The predicted octanol–water partition coefficient (Wildman–Crippen LogP) is 0.453. The maximum Gasteiger partial charge on any atom is 0.358 e. The Labute approximate surface area is 96.5 Å². The molecule has 0 saturated carbocycles. The Hall–Kier alpha value is -2.28. The highest BCUT2D eigenvalue weighted by atomic mass is 16.5. The summed E-state index contributed by atoms with van der Waals surface area (Å²) in [5.74, 6) is -0.632. The van der Waals surface area contributed by atoms with E-state index in [1.807, 2.05) is 0 Å². The number of carboxylic acids is 1. The van der Waals surface area contributed by atoms with Crippen LogP contribution in [0.25, 0.3) is 0 Å². The van der Waals surface area contributed by atoms with Gasteiger partial charge >= 0.3 is 5.97 Å². The van der Waals surface area contributed by atoms with E-state index in [1.54, 1.807) is 12.3 Å². The van der Waals surface area contributed by atoms with Crippen molar-refractivity contribution in [2.24, 2.45) is 0 Å². The molecule has 17 heavy (non-hydrogen) atoms. The molecule has 0 unspecified atom stereocenters. The molecule has 0 spiro atoms. The van der Waals surface area contributed by atoms with E-state index < -0.39 is 5.97 Å². The van der Waals surface area contributed by atoms with Crippen molar-refractivity contribution in [3.8, 4) is 0 Å². The van der Waals surface area contributed by atoms with Gasteiger partial charge in [-0.15, -0.1) is 0 Å². The molecule has 7 heteroatoms. The molecule has 0 atom stereocenters. The third-order valence-corrected chi connectivity index (χ3v) is 2.03. The molecule has 2 aromatic heterocycles. The van der Waals surface area contributed by atoms with Crippen LogP contribution >= 0.6 is 0 Å². The summed E-state index contributed by atoms with van der Waals surface area (Å²) >= 11 is 0. The Balaban J connectivity index is 1.84. The number of aromatic carboxylic acids is 1. The van der Waals surface area contributed by atoms with Crippen molar-refractivity contribution in [1.29, 1.82) is 0 Å². The number of nitrogens with one attached hydrogen (secondary N) is 1. The van der Waals surface area contributed by atoms with Gasteiger partial charge in [-0.1, -0.05) is 5.16 Å². The Morgan fingerprint density at radius 1 is 1.47 bits per heavy atom. The van der Waals surface area contributed by atoms with Gasteiger partial charge < -0.3 is 14.9 Å². The molecular weight excluding hydrogens is 224 g/mol. The second kappa shape index (κ2) is 5.17. The molecule has 7 nitrogen and oxygen atoms in total. The average Bonchev–Trinajstić information content (AvgIpc) is 2.79. The lowest BCUT2D eigenvalue weighted by Crippen LogP contribution is -2.13. The Bertz CT molecular complexity index is 497. The van der Waals surface area contributed by atoms with E-state index in [4.69, 9.17) is 9.63 Å². The molecule has 2 N–H and O–H groups in total. The topological polar surface area (TPSA) is 101 Å². The smallest absolute Gasteiger partial charge is 0.358 e. The van der Waals surface area contributed by atoms with Gasteiger partial charge in [-0.05, 0) is 6.07 Å². The van der Waals surface area contributed by atoms with Gasteiger partial charge in [0.15, 0.2) is 11.5 Å². The van der Waals surface area contributed by atoms with E-state index in [9.17, 15) is 4.79 Å². The lowest BCUT2D eigenvalue weighted by Gasteiger charge is -2.00. The second-order valence-electron chi connectivity index (χ2n) is 3.29. The molecule has 0 aromatic carbocycles. The first-order chi connectivity index (χ1) is 8.25. The number of carbonyl (C=O) groups is 1. The molecule has 0 fully saturated rings. The maximum atomic E-state index is 10.5. The number of hydrogen-bond donors (Lipinski definition) is 2. The summed E-state index contributed by atoms with van der Waals surface area (Å²) in [5, 5.41) is 15.1. The number of nitrogens with zero attached hydrogens (tertiary/aromatic N) is 3. The molecule has 0 bridgehead atoms. The van der Waals surface area contributed by atoms with E-state index in [1.165, 1.54) is 12.4 Å². The third kappa shape index (κ3) is 3.08. The van der Waals surface area contributed by atoms with E-state index in [-0.39, 0.29) is 5.69 Å². The summed E-state index contributed by atoms with van der Waals surface area (Å²) in [6.45, 7) is 0.940. The first kappa shape index (κ1) is 11.2. The number of rotatable bonds is 5. The van der Waals surface area contributed by atoms with Gasteiger partial charge in [0.1, 0.15) is 6.33 Å². The summed E-state index contributed by atoms with van der Waals surface area (Å²) < 4.78 is 4.84. The van der Waals surface area contributed by atoms with E-state index in [2.05, 4.69) is 20.4 Å². The summed E-state index contributed by atoms with van der Waals surface area (Å²) in [7, 11) is 0. The van der Waals surface area contributed by atoms with Crippen molar-refractivity contribution in [1.82, 2.24) is 20.4 Å². The molecule has 0 aliphatic heterocycles. The fourth-order valence-electron chi connectivity index (χ4n) is 1.23. The third-order valence-electron chi connectivity index (χ3n) is 2.03. The average molecular weight is 234 g/mol. The van der Waals surface area contributed by atoms with Gasteiger partial charge in [-0.3, -0.25) is 0 Å². The Morgan fingerprint density at radius 3 is 3.00 bits per heavy atom. The zero-order valence-corrected chi connectivity index (χ0v) is 8.83. The predicted molar refractivity (Wildman–Crippen MR) is 56.0 cm³/mol. The van der Waals surface area contributed by atoms with Gasteiger partial charge in [-0.2, -0.15) is 0 Å². The molecule has 0 amide bonds. The minimum absolute atomic E-state index is 0.0937. The number of carboxylic acid groups (broad SMARTS) is 1. The maximum absolute atomic E-state index is 10.5. The molecule has 0 radical (unpaired) electrons. The standard InChI is InChI=1S/C10H10N4O3/c15-10(16)9-3-8(17-14-9)5-12-4-7-1-2-11-6-13-7/h1-3,6,12H,4-5H2,(H,15,16). The highest BCUT2D eigenvalue weighted by Gasteiger charge is 2.09. The molecule has 0 saturated heterocycles. The second-order valence-corrected chi connectivity index (χ2v) is 3.29. The molecule has 88 valence electrons. The van der Waals surface area contributed by atoms with Crippen LogP contribution in [0.4, 0.5) is 0 Å². The molecule has 2 rings (SSSR count). The van der Waals surface area contributed by atoms with Crippen molar-refractivity contribution in [3.05, 3.63) is 41.8 Å². The molecule has 0 aliphatic rings. The van der Waals surface area contributed by atoms with Crippen molar-refractivity contribution >= 4 is 5.97 Å². The van der Waals surface area contributed by atoms with Crippen LogP contribution in [0.3, 0.4) is 0 Å². The first-order valence-corrected chi connectivity index (χ1v) is 4.90. The van der Waals surface area contributed by atoms with Gasteiger partial charge in [-0.25, -0.2) is 14.8 Å². The van der Waals surface area contributed by atoms with Crippen molar-refractivity contribution in [3.63, 3.8) is 0 Å². The minimum Gasteiger partial charge on any atom is -0.476 e. The van der Waals surface area contributed by atoms with Crippen molar-refractivity contribution in [2.75, 3.05) is 0 Å². The summed E-state index contributed by atoms with van der Waals surface area (Å²) in [6.07, 6.45) is 3.12. The Kier molecular flexibility index (Phi) is 3.41. The first-order valence-electron chi connectivity index (χ1n) is 4.90. The fraction of sp³-hybridized carbons (Fsp3) is 0.200. The summed E-state index contributed by atoms with van der Waals surface area (Å²) in [5.41, 5.74) is 0.752. The minimum atomic E-state index is -1.10. The van der Waals surface area contributed by atoms with Crippen LogP contribution in [0.2, 0.25) is 0 Å². The van der Waals surface area contributed by atoms with Gasteiger partial charge in [0.05, 0.1) is 12.2 Å². The molecule has 0 aliphatic carbocycles. The van der Waals surface area contributed by atoms with Crippen LogP contribution in [0.15, 0.2) is 29.2 Å². The van der Waals surface area contributed by atoms with Gasteiger partial charge in [0.2, 0.25) is 0 Å². The lowest BCUT2D eigenvalue weighted by molar-refractivity contribution is 0.0685. The highest BCUT2D eigenvalue weighted by Crippen LogP contribution is 2.03. The van der Waals surface area contributed by atoms with E-state index >= 15 is 0 Å². The molecule has 2 aromatic rings. The summed E-state index contributed by atoms with van der Waals surface area (Å²) in [6, 6.07) is 3.17. The largest absolute Gasteiger partial charge is 0.476 e. The van der Waals surface area contributed by atoms with Crippen LogP contribution in [0.5, 0.6) is 0 Å². The number of aromatic nitrogens is 3. The monoisotopic (exact) mass is 234 g/mol. The van der Waals surface area contributed by atoms with Crippen LogP contribution < -0.4 is 5.32 Å². The SMILES string of the molecule is O=C(O)c1cc(CNCc2ccncn2)on1. The van der Waals surface area contributed by atoms with E-state index in [0.29, 0.717) is 18.8 Å². The van der Waals surface area contributed by atoms with Crippen LogP contribution in [0, 0.1) is 0 Å². The summed E-state index contributed by atoms with van der Waals surface area (Å²) in [4.78, 5) is 18.4. The van der Waals surface area contributed by atoms with Crippen LogP contribution in [0.1, 0.15) is 21.9 Å². The highest BCUT2D eigenvalue weighted by molar-refractivity contribution is 5.85. The molecule has 2 heterocycles. The molecular formula is C10H10N4O3. The normalized spacial score (nSPS) is 10.4. The van der Waals surface area contributed by atoms with Gasteiger partial charge in [0, 0.05) is 18.8 Å². The zero-order chi connectivity index (χ0) is 12.1. The van der Waals surface area contributed by atoms with E-state index in [0.717, 1.165) is 5.69 Å². The van der Waals surface area contributed by atoms with Crippen molar-refractivity contribution in [2.45, 2.75) is 13.1 Å². The number of hydrogen-bond acceptors (Lipinski definition) is 6. The van der Waals surface area contributed by atoms with Crippen molar-refractivity contribution < 1.29 is 14.4 Å². The van der Waals surface area contributed by atoms with Crippen LogP contribution in [-0.2, 0) is 13.1 Å². The van der Waals surface area contributed by atoms with Gasteiger partial charge in [0.25, 0.3) is 0 Å². The fourth-order valence-corrected chi connectivity index (χ4v) is 1.23. The zero-order valence-electron chi connectivity index (χ0n) is 8.83. The lowest BCUT2D eigenvalue weighted by atomic mass is 10.3. The quantitative estimate of drug-likeness (QED) is 0.774. The Morgan fingerprint density at radius 2 is 2.35 bits per heavy atom.